The Balaban J connectivity index is 2.35. The lowest BCUT2D eigenvalue weighted by atomic mass is 10.4. The minimum Gasteiger partial charge on any atom is -0.396 e. The van der Waals surface area contributed by atoms with Crippen LogP contribution in [0.15, 0.2) is 35.5 Å². The molecule has 0 amide bonds. The number of pyridine rings is 1. The van der Waals surface area contributed by atoms with Gasteiger partial charge < -0.3 is 5.73 Å². The lowest BCUT2D eigenvalue weighted by Gasteiger charge is -2.05. The third-order valence-corrected chi connectivity index (χ3v) is 5.25. The van der Waals surface area contributed by atoms with Gasteiger partial charge in [-0.2, -0.15) is 0 Å². The van der Waals surface area contributed by atoms with Gasteiger partial charge in [-0.15, -0.1) is 11.3 Å². The number of anilines is 1. The lowest BCUT2D eigenvalue weighted by Crippen LogP contribution is -2.07. The van der Waals surface area contributed by atoms with Gasteiger partial charge in [-0.05, 0) is 18.2 Å². The normalized spacial score (nSPS) is 11.6. The summed E-state index contributed by atoms with van der Waals surface area (Å²) in [5.74, 6) is -0.0986. The number of rotatable bonds is 3. The van der Waals surface area contributed by atoms with Crippen LogP contribution in [0.25, 0.3) is 0 Å². The number of halogens is 1. The highest BCUT2D eigenvalue weighted by molar-refractivity contribution is 7.91. The van der Waals surface area contributed by atoms with Gasteiger partial charge in [0, 0.05) is 11.1 Å². The number of sulfone groups is 1. The molecule has 4 nitrogen and oxygen atoms in total. The van der Waals surface area contributed by atoms with Gasteiger partial charge in [-0.3, -0.25) is 4.98 Å². The van der Waals surface area contributed by atoms with Crippen LogP contribution in [0.4, 0.5) is 5.69 Å². The van der Waals surface area contributed by atoms with Gasteiger partial charge in [-0.1, -0.05) is 11.6 Å². The Morgan fingerprint density at radius 1 is 1.35 bits per heavy atom. The third-order valence-electron chi connectivity index (χ3n) is 2.11. The molecule has 0 spiro atoms. The summed E-state index contributed by atoms with van der Waals surface area (Å²) >= 11 is 7.00. The summed E-state index contributed by atoms with van der Waals surface area (Å²) in [5.41, 5.74) is 5.76. The summed E-state index contributed by atoms with van der Waals surface area (Å²) in [7, 11) is -3.44. The zero-order chi connectivity index (χ0) is 12.5. The van der Waals surface area contributed by atoms with Crippen LogP contribution in [0.3, 0.4) is 0 Å². The van der Waals surface area contributed by atoms with Crippen LogP contribution in [0, 0.1) is 0 Å². The minimum atomic E-state index is -3.44. The van der Waals surface area contributed by atoms with E-state index in [1.807, 2.05) is 0 Å². The molecule has 0 radical (unpaired) electrons. The van der Waals surface area contributed by atoms with Crippen molar-refractivity contribution in [2.75, 3.05) is 5.73 Å². The lowest BCUT2D eigenvalue weighted by molar-refractivity contribution is 0.596. The number of aromatic nitrogens is 1. The quantitative estimate of drug-likeness (QED) is 0.941. The van der Waals surface area contributed by atoms with Gasteiger partial charge in [0.15, 0.2) is 9.84 Å². The highest BCUT2D eigenvalue weighted by atomic mass is 35.5. The summed E-state index contributed by atoms with van der Waals surface area (Å²) in [4.78, 5) is 4.56. The van der Waals surface area contributed by atoms with Crippen LogP contribution in [-0.4, -0.2) is 13.4 Å². The van der Waals surface area contributed by atoms with Crippen molar-refractivity contribution >= 4 is 38.5 Å². The summed E-state index contributed by atoms with van der Waals surface area (Å²) in [6.07, 6.45) is 2.74. The Morgan fingerprint density at radius 3 is 2.71 bits per heavy atom. The van der Waals surface area contributed by atoms with Crippen molar-refractivity contribution in [3.8, 4) is 0 Å². The fraction of sp³-hybridized carbons (Fsp3) is 0.100. The molecular weight excluding hydrogens is 280 g/mol. The molecule has 0 bridgehead atoms. The average Bonchev–Trinajstić information content (AvgIpc) is 2.63. The van der Waals surface area contributed by atoms with E-state index in [0.717, 1.165) is 0 Å². The molecule has 2 N–H and O–H groups in total. The number of nitrogen functional groups attached to an aromatic ring is 1. The molecule has 0 aromatic carbocycles. The zero-order valence-electron chi connectivity index (χ0n) is 8.63. The second-order valence-electron chi connectivity index (χ2n) is 3.38. The van der Waals surface area contributed by atoms with Crippen LogP contribution < -0.4 is 5.73 Å². The van der Waals surface area contributed by atoms with Gasteiger partial charge in [0.05, 0.1) is 26.9 Å². The van der Waals surface area contributed by atoms with E-state index in [9.17, 15) is 8.42 Å². The number of hydrogen-bond donors (Lipinski definition) is 1. The Kier molecular flexibility index (Phi) is 3.37. The number of hydrogen-bond acceptors (Lipinski definition) is 5. The largest absolute Gasteiger partial charge is 0.396 e. The fourth-order valence-corrected chi connectivity index (χ4v) is 4.26. The first-order valence-corrected chi connectivity index (χ1v) is 7.50. The number of nitrogens with two attached hydrogens (primary N) is 1. The van der Waals surface area contributed by atoms with E-state index in [4.69, 9.17) is 17.3 Å². The topological polar surface area (TPSA) is 73.0 Å². The van der Waals surface area contributed by atoms with Crippen molar-refractivity contribution < 1.29 is 8.42 Å². The monoisotopic (exact) mass is 288 g/mol. The molecule has 0 atom stereocenters. The maximum Gasteiger partial charge on any atom is 0.185 e. The van der Waals surface area contributed by atoms with Gasteiger partial charge in [-0.25, -0.2) is 8.42 Å². The molecule has 2 aromatic rings. The van der Waals surface area contributed by atoms with E-state index < -0.39 is 9.84 Å². The van der Waals surface area contributed by atoms with E-state index in [-0.39, 0.29) is 16.3 Å². The molecule has 2 rings (SSSR count). The SMILES string of the molecule is Nc1cnccc1S(=O)(=O)Cc1ccc(Cl)s1. The second-order valence-corrected chi connectivity index (χ2v) is 7.14. The Bertz CT molecular complexity index is 637. The Morgan fingerprint density at radius 2 is 2.12 bits per heavy atom. The van der Waals surface area contributed by atoms with E-state index >= 15 is 0 Å². The molecule has 0 saturated heterocycles. The molecule has 90 valence electrons. The van der Waals surface area contributed by atoms with E-state index in [1.165, 1.54) is 29.8 Å². The molecule has 0 aliphatic heterocycles. The van der Waals surface area contributed by atoms with Crippen LogP contribution in [-0.2, 0) is 15.6 Å². The highest BCUT2D eigenvalue weighted by Crippen LogP contribution is 2.27. The average molecular weight is 289 g/mol. The van der Waals surface area contributed by atoms with Crippen LogP contribution in [0.1, 0.15) is 4.88 Å². The molecule has 0 saturated carbocycles. The first kappa shape index (κ1) is 12.3. The van der Waals surface area contributed by atoms with E-state index in [2.05, 4.69) is 4.98 Å². The summed E-state index contributed by atoms with van der Waals surface area (Å²) in [5, 5.41) is 0. The van der Waals surface area contributed by atoms with Crippen molar-refractivity contribution in [3.05, 3.63) is 39.8 Å². The predicted molar refractivity (Wildman–Crippen MR) is 68.9 cm³/mol. The maximum atomic E-state index is 12.1. The molecule has 7 heteroatoms. The molecular formula is C10H9ClN2O2S2. The molecule has 0 unspecified atom stereocenters. The van der Waals surface area contributed by atoms with Gasteiger partial charge >= 0.3 is 0 Å². The van der Waals surface area contributed by atoms with Crippen molar-refractivity contribution in [3.63, 3.8) is 0 Å². The van der Waals surface area contributed by atoms with Gasteiger partial charge in [0.25, 0.3) is 0 Å². The summed E-state index contributed by atoms with van der Waals surface area (Å²) in [6, 6.07) is 4.77. The summed E-state index contributed by atoms with van der Waals surface area (Å²) < 4.78 is 24.7. The number of thiophene rings is 1. The maximum absolute atomic E-state index is 12.1. The first-order valence-electron chi connectivity index (χ1n) is 4.65. The molecule has 0 aliphatic carbocycles. The fourth-order valence-electron chi connectivity index (χ4n) is 1.37. The predicted octanol–water partition coefficient (Wildman–Crippen LogP) is 2.35. The first-order chi connectivity index (χ1) is 7.99. The van der Waals surface area contributed by atoms with E-state index in [0.29, 0.717) is 9.21 Å². The molecule has 17 heavy (non-hydrogen) atoms. The zero-order valence-corrected chi connectivity index (χ0v) is 11.0. The summed E-state index contributed by atoms with van der Waals surface area (Å²) in [6.45, 7) is 0. The van der Waals surface area contributed by atoms with Crippen LogP contribution in [0.2, 0.25) is 4.34 Å². The molecule has 0 fully saturated rings. The standard InChI is InChI=1S/C10H9ClN2O2S2/c11-10-2-1-7(16-10)6-17(14,15)9-3-4-13-5-8(9)12/h1-5H,6,12H2. The number of nitrogens with zero attached hydrogens (tertiary/aromatic N) is 1. The highest BCUT2D eigenvalue weighted by Gasteiger charge is 2.19. The van der Waals surface area contributed by atoms with Crippen molar-refractivity contribution in [1.82, 2.24) is 4.98 Å². The van der Waals surface area contributed by atoms with Crippen LogP contribution >= 0.6 is 22.9 Å². The molecule has 2 heterocycles. The molecule has 0 aliphatic rings. The van der Waals surface area contributed by atoms with Gasteiger partial charge in [0.1, 0.15) is 0 Å². The molecule has 2 aromatic heterocycles. The van der Waals surface area contributed by atoms with Crippen molar-refractivity contribution in [2.45, 2.75) is 10.6 Å². The van der Waals surface area contributed by atoms with Crippen molar-refractivity contribution in [1.29, 1.82) is 0 Å². The Hall–Kier alpha value is -1.11. The third kappa shape index (κ3) is 2.77. The van der Waals surface area contributed by atoms with E-state index in [1.54, 1.807) is 12.1 Å². The Labute approximate surface area is 108 Å². The second kappa shape index (κ2) is 4.64. The van der Waals surface area contributed by atoms with Crippen molar-refractivity contribution in [2.24, 2.45) is 0 Å². The van der Waals surface area contributed by atoms with Gasteiger partial charge in [0.2, 0.25) is 0 Å². The minimum absolute atomic E-state index is 0.0986. The smallest absolute Gasteiger partial charge is 0.185 e. The van der Waals surface area contributed by atoms with Crippen LogP contribution in [0.5, 0.6) is 0 Å².